The van der Waals surface area contributed by atoms with Gasteiger partial charge in [-0.2, -0.15) is 0 Å². The first-order chi connectivity index (χ1) is 7.70. The van der Waals surface area contributed by atoms with Crippen molar-refractivity contribution in [3.05, 3.63) is 23.1 Å². The van der Waals surface area contributed by atoms with Crippen LogP contribution in [0, 0.1) is 5.92 Å². The van der Waals surface area contributed by atoms with E-state index in [1.807, 2.05) is 0 Å². The Morgan fingerprint density at radius 1 is 1.62 bits per heavy atom. The maximum Gasteiger partial charge on any atom is 0.287 e. The van der Waals surface area contributed by atoms with E-state index in [4.69, 9.17) is 21.1 Å². The number of furan rings is 1. The molecule has 1 aromatic rings. The molecule has 1 amide bonds. The molecule has 0 spiro atoms. The lowest BCUT2D eigenvalue weighted by molar-refractivity contribution is 0.0896. The second kappa shape index (κ2) is 4.89. The molecule has 1 aliphatic rings. The van der Waals surface area contributed by atoms with Crippen molar-refractivity contribution < 1.29 is 14.3 Å². The number of carbonyl (C=O) groups is 1. The van der Waals surface area contributed by atoms with Crippen LogP contribution >= 0.6 is 11.6 Å². The average molecular weight is 244 g/mol. The number of carbonyl (C=O) groups excluding carboxylic acids is 1. The zero-order chi connectivity index (χ0) is 11.5. The predicted molar refractivity (Wildman–Crippen MR) is 59.4 cm³/mol. The third-order valence-electron chi connectivity index (χ3n) is 2.74. The van der Waals surface area contributed by atoms with E-state index < -0.39 is 0 Å². The molecule has 1 atom stereocenters. The van der Waals surface area contributed by atoms with Crippen LogP contribution in [0.3, 0.4) is 0 Å². The van der Waals surface area contributed by atoms with E-state index in [9.17, 15) is 4.79 Å². The average Bonchev–Trinajstić information content (AvgIpc) is 3.00. The molecule has 0 radical (unpaired) electrons. The second-order valence-electron chi connectivity index (χ2n) is 4.03. The van der Waals surface area contributed by atoms with Crippen LogP contribution in [0.15, 0.2) is 16.5 Å². The number of nitrogens with one attached hydrogen (secondary N) is 1. The summed E-state index contributed by atoms with van der Waals surface area (Å²) in [5.74, 6) is 0.451. The lowest BCUT2D eigenvalue weighted by atomic mass is 10.1. The van der Waals surface area contributed by atoms with Gasteiger partial charge >= 0.3 is 0 Å². The fourth-order valence-corrected chi connectivity index (χ4v) is 1.89. The van der Waals surface area contributed by atoms with Gasteiger partial charge in [0.25, 0.3) is 5.91 Å². The van der Waals surface area contributed by atoms with Crippen LogP contribution in [0.2, 0.25) is 5.22 Å². The molecule has 1 aromatic heterocycles. The van der Waals surface area contributed by atoms with Crippen molar-refractivity contribution in [2.24, 2.45) is 5.92 Å². The first-order valence-electron chi connectivity index (χ1n) is 5.38. The quantitative estimate of drug-likeness (QED) is 0.829. The molecule has 0 bridgehead atoms. The topological polar surface area (TPSA) is 62.5 Å². The number of halogens is 1. The van der Waals surface area contributed by atoms with Crippen molar-refractivity contribution in [2.45, 2.75) is 25.3 Å². The van der Waals surface area contributed by atoms with Crippen LogP contribution < -0.4 is 5.32 Å². The monoisotopic (exact) mass is 243 g/mol. The molecule has 5 heteroatoms. The minimum Gasteiger partial charge on any atom is -0.440 e. The Morgan fingerprint density at radius 2 is 2.38 bits per heavy atom. The summed E-state index contributed by atoms with van der Waals surface area (Å²) in [7, 11) is 0. The number of hydrogen-bond acceptors (Lipinski definition) is 3. The SMILES string of the molecule is O=C(NC(CCO)C1CC1)c1ccc(Cl)o1. The second-order valence-corrected chi connectivity index (χ2v) is 4.41. The molecule has 4 nitrogen and oxygen atoms in total. The van der Waals surface area contributed by atoms with Gasteiger partial charge in [-0.3, -0.25) is 4.79 Å². The van der Waals surface area contributed by atoms with Crippen molar-refractivity contribution >= 4 is 17.5 Å². The normalized spacial score (nSPS) is 17.1. The highest BCUT2D eigenvalue weighted by atomic mass is 35.5. The summed E-state index contributed by atoms with van der Waals surface area (Å²) < 4.78 is 5.02. The van der Waals surface area contributed by atoms with E-state index in [1.165, 1.54) is 6.07 Å². The minimum atomic E-state index is -0.266. The Hall–Kier alpha value is -1.00. The molecule has 0 aliphatic heterocycles. The van der Waals surface area contributed by atoms with Crippen LogP contribution in [0.5, 0.6) is 0 Å². The summed E-state index contributed by atoms with van der Waals surface area (Å²) in [5, 5.41) is 12.0. The van der Waals surface area contributed by atoms with Crippen LogP contribution in [-0.4, -0.2) is 23.7 Å². The molecule has 0 aromatic carbocycles. The fraction of sp³-hybridized carbons (Fsp3) is 0.545. The first-order valence-corrected chi connectivity index (χ1v) is 5.75. The van der Waals surface area contributed by atoms with Crippen molar-refractivity contribution in [3.8, 4) is 0 Å². The number of aliphatic hydroxyl groups excluding tert-OH is 1. The Labute approximate surface area is 98.6 Å². The summed E-state index contributed by atoms with van der Waals surface area (Å²) >= 11 is 5.59. The van der Waals surface area contributed by atoms with Gasteiger partial charge in [-0.25, -0.2) is 0 Å². The van der Waals surface area contributed by atoms with E-state index in [-0.39, 0.29) is 29.5 Å². The van der Waals surface area contributed by atoms with Gasteiger partial charge in [-0.15, -0.1) is 0 Å². The van der Waals surface area contributed by atoms with Gasteiger partial charge in [-0.05, 0) is 48.9 Å². The van der Waals surface area contributed by atoms with Gasteiger partial charge in [-0.1, -0.05) is 0 Å². The van der Waals surface area contributed by atoms with Crippen LogP contribution in [0.25, 0.3) is 0 Å². The molecule has 0 saturated heterocycles. The smallest absolute Gasteiger partial charge is 0.287 e. The first kappa shape index (κ1) is 11.5. The van der Waals surface area contributed by atoms with E-state index in [2.05, 4.69) is 5.32 Å². The molecule has 2 rings (SSSR count). The minimum absolute atomic E-state index is 0.0429. The van der Waals surface area contributed by atoms with Crippen molar-refractivity contribution in [2.75, 3.05) is 6.61 Å². The molecule has 2 N–H and O–H groups in total. The molecule has 1 unspecified atom stereocenters. The largest absolute Gasteiger partial charge is 0.440 e. The Morgan fingerprint density at radius 3 is 2.88 bits per heavy atom. The van der Waals surface area contributed by atoms with Gasteiger partial charge in [0.1, 0.15) is 0 Å². The number of amides is 1. The van der Waals surface area contributed by atoms with Crippen molar-refractivity contribution in [1.82, 2.24) is 5.32 Å². The van der Waals surface area contributed by atoms with E-state index >= 15 is 0 Å². The zero-order valence-corrected chi connectivity index (χ0v) is 9.54. The molecular weight excluding hydrogens is 230 g/mol. The van der Waals surface area contributed by atoms with E-state index in [1.54, 1.807) is 6.07 Å². The fourth-order valence-electron chi connectivity index (χ4n) is 1.74. The highest BCUT2D eigenvalue weighted by Crippen LogP contribution is 2.34. The third kappa shape index (κ3) is 2.77. The Balaban J connectivity index is 1.94. The van der Waals surface area contributed by atoms with Gasteiger partial charge < -0.3 is 14.8 Å². The maximum atomic E-state index is 11.7. The van der Waals surface area contributed by atoms with Crippen molar-refractivity contribution in [3.63, 3.8) is 0 Å². The summed E-state index contributed by atoms with van der Waals surface area (Å²) in [4.78, 5) is 11.7. The van der Waals surface area contributed by atoms with Crippen molar-refractivity contribution in [1.29, 1.82) is 0 Å². The molecular formula is C11H14ClNO3. The zero-order valence-electron chi connectivity index (χ0n) is 8.78. The summed E-state index contributed by atoms with van der Waals surface area (Å²) in [5.41, 5.74) is 0. The van der Waals surface area contributed by atoms with Crippen LogP contribution in [-0.2, 0) is 0 Å². The Bertz CT molecular complexity index is 373. The van der Waals surface area contributed by atoms with Gasteiger partial charge in [0.2, 0.25) is 0 Å². The molecule has 16 heavy (non-hydrogen) atoms. The van der Waals surface area contributed by atoms with E-state index in [0.717, 1.165) is 12.8 Å². The molecule has 1 fully saturated rings. The number of aliphatic hydroxyl groups is 1. The number of hydrogen-bond donors (Lipinski definition) is 2. The van der Waals surface area contributed by atoms with Gasteiger partial charge in [0, 0.05) is 12.6 Å². The summed E-state index contributed by atoms with van der Waals surface area (Å²) in [6, 6.07) is 3.12. The maximum absolute atomic E-state index is 11.7. The van der Waals surface area contributed by atoms with Gasteiger partial charge in [0.05, 0.1) is 0 Å². The summed E-state index contributed by atoms with van der Waals surface area (Å²) in [6.45, 7) is 0.0837. The van der Waals surface area contributed by atoms with Crippen LogP contribution in [0.1, 0.15) is 29.8 Å². The molecule has 1 aliphatic carbocycles. The lowest BCUT2D eigenvalue weighted by Gasteiger charge is -2.15. The molecule has 1 saturated carbocycles. The standard InChI is InChI=1S/C11H14ClNO3/c12-10-4-3-9(16-10)11(15)13-8(5-6-14)7-1-2-7/h3-4,7-8,14H,1-2,5-6H2,(H,13,15). The third-order valence-corrected chi connectivity index (χ3v) is 2.95. The molecule has 88 valence electrons. The highest BCUT2D eigenvalue weighted by Gasteiger charge is 2.32. The summed E-state index contributed by atoms with van der Waals surface area (Å²) in [6.07, 6.45) is 2.82. The Kier molecular flexibility index (Phi) is 3.51. The van der Waals surface area contributed by atoms with Crippen LogP contribution in [0.4, 0.5) is 0 Å². The number of rotatable bonds is 5. The van der Waals surface area contributed by atoms with E-state index in [0.29, 0.717) is 12.3 Å². The predicted octanol–water partition coefficient (Wildman–Crippen LogP) is 1.82. The highest BCUT2D eigenvalue weighted by molar-refractivity contribution is 6.29. The lowest BCUT2D eigenvalue weighted by Crippen LogP contribution is -2.36. The molecule has 1 heterocycles. The van der Waals surface area contributed by atoms with Gasteiger partial charge in [0.15, 0.2) is 11.0 Å².